The lowest BCUT2D eigenvalue weighted by molar-refractivity contribution is 0.0462. The quantitative estimate of drug-likeness (QED) is 0.735. The Morgan fingerprint density at radius 2 is 2.14 bits per heavy atom. The van der Waals surface area contributed by atoms with Gasteiger partial charge in [-0.05, 0) is 20.3 Å². The van der Waals surface area contributed by atoms with Crippen molar-refractivity contribution in [3.63, 3.8) is 0 Å². The smallest absolute Gasteiger partial charge is 0.214 e. The topological polar surface area (TPSA) is 75.9 Å². The maximum atomic E-state index is 11.8. The third-order valence-corrected chi connectivity index (χ3v) is 5.91. The Morgan fingerprint density at radius 1 is 1.41 bits per heavy atom. The SMILES string of the molecule is Cc1noc(C)c1COC1CCN(CCS(=O)(=O)N(C)C)C1. The van der Waals surface area contributed by atoms with Crippen LogP contribution in [-0.4, -0.2) is 68.4 Å². The summed E-state index contributed by atoms with van der Waals surface area (Å²) in [5, 5.41) is 3.91. The van der Waals surface area contributed by atoms with E-state index in [0.717, 1.165) is 36.5 Å². The van der Waals surface area contributed by atoms with Gasteiger partial charge in [-0.15, -0.1) is 0 Å². The van der Waals surface area contributed by atoms with Crippen LogP contribution in [0.3, 0.4) is 0 Å². The van der Waals surface area contributed by atoms with Gasteiger partial charge in [-0.1, -0.05) is 5.16 Å². The van der Waals surface area contributed by atoms with E-state index in [0.29, 0.717) is 13.2 Å². The van der Waals surface area contributed by atoms with Crippen LogP contribution in [-0.2, 0) is 21.4 Å². The number of likely N-dealkylation sites (tertiary alicyclic amines) is 1. The van der Waals surface area contributed by atoms with E-state index in [2.05, 4.69) is 10.1 Å². The van der Waals surface area contributed by atoms with Gasteiger partial charge in [-0.3, -0.25) is 4.90 Å². The average molecular weight is 331 g/mol. The zero-order valence-corrected chi connectivity index (χ0v) is 14.5. The lowest BCUT2D eigenvalue weighted by atomic mass is 10.2. The lowest BCUT2D eigenvalue weighted by Crippen LogP contribution is -2.33. The molecule has 0 N–H and O–H groups in total. The predicted molar refractivity (Wildman–Crippen MR) is 83.1 cm³/mol. The maximum Gasteiger partial charge on any atom is 0.214 e. The number of aryl methyl sites for hydroxylation is 2. The summed E-state index contributed by atoms with van der Waals surface area (Å²) in [6.07, 6.45) is 1.06. The van der Waals surface area contributed by atoms with Crippen LogP contribution in [0.2, 0.25) is 0 Å². The van der Waals surface area contributed by atoms with E-state index < -0.39 is 10.0 Å². The maximum absolute atomic E-state index is 11.8. The van der Waals surface area contributed by atoms with Gasteiger partial charge in [0.25, 0.3) is 0 Å². The number of hydrogen-bond donors (Lipinski definition) is 0. The number of nitrogens with zero attached hydrogens (tertiary/aromatic N) is 3. The number of rotatable bonds is 7. The summed E-state index contributed by atoms with van der Waals surface area (Å²) in [4.78, 5) is 2.14. The molecule has 0 radical (unpaired) electrons. The minimum atomic E-state index is -3.13. The molecule has 8 heteroatoms. The fourth-order valence-electron chi connectivity index (χ4n) is 2.47. The van der Waals surface area contributed by atoms with E-state index in [-0.39, 0.29) is 11.9 Å². The predicted octanol–water partition coefficient (Wildman–Crippen LogP) is 0.774. The Hall–Kier alpha value is -0.960. The van der Waals surface area contributed by atoms with Crippen molar-refractivity contribution in [1.82, 2.24) is 14.4 Å². The molecule has 1 unspecified atom stereocenters. The van der Waals surface area contributed by atoms with Crippen LogP contribution in [0.4, 0.5) is 0 Å². The Labute approximate surface area is 132 Å². The molecule has 0 amide bonds. The van der Waals surface area contributed by atoms with Crippen molar-refractivity contribution in [1.29, 1.82) is 0 Å². The van der Waals surface area contributed by atoms with Crippen molar-refractivity contribution in [2.24, 2.45) is 0 Å². The van der Waals surface area contributed by atoms with Crippen LogP contribution in [0.25, 0.3) is 0 Å². The number of aromatic nitrogens is 1. The third kappa shape index (κ3) is 4.28. The summed E-state index contributed by atoms with van der Waals surface area (Å²) in [7, 11) is -0.00328. The number of ether oxygens (including phenoxy) is 1. The molecule has 1 aliphatic heterocycles. The second kappa shape index (κ2) is 7.08. The van der Waals surface area contributed by atoms with Crippen molar-refractivity contribution in [3.8, 4) is 0 Å². The molecule has 0 aliphatic carbocycles. The standard InChI is InChI=1S/C14H25N3O4S/c1-11-14(12(2)21-15-11)10-20-13-5-6-17(9-13)7-8-22(18,19)16(3)4/h13H,5-10H2,1-4H3. The summed E-state index contributed by atoms with van der Waals surface area (Å²) in [5.41, 5.74) is 1.87. The minimum absolute atomic E-state index is 0.135. The van der Waals surface area contributed by atoms with Crippen molar-refractivity contribution in [2.45, 2.75) is 33.0 Å². The van der Waals surface area contributed by atoms with Gasteiger partial charge in [0.15, 0.2) is 0 Å². The molecule has 2 heterocycles. The summed E-state index contributed by atoms with van der Waals surface area (Å²) in [6, 6.07) is 0. The molecule has 7 nitrogen and oxygen atoms in total. The molecule has 2 rings (SSSR count). The second-order valence-corrected chi connectivity index (χ2v) is 8.23. The first-order chi connectivity index (χ1) is 10.3. The van der Waals surface area contributed by atoms with Crippen molar-refractivity contribution in [2.75, 3.05) is 39.5 Å². The minimum Gasteiger partial charge on any atom is -0.372 e. The van der Waals surface area contributed by atoms with E-state index in [1.165, 1.54) is 4.31 Å². The summed E-state index contributed by atoms with van der Waals surface area (Å²) in [6.45, 7) is 6.47. The van der Waals surface area contributed by atoms with Crippen LogP contribution < -0.4 is 0 Å². The molecular formula is C14H25N3O4S. The van der Waals surface area contributed by atoms with E-state index in [1.54, 1.807) is 14.1 Å². The molecule has 22 heavy (non-hydrogen) atoms. The van der Waals surface area contributed by atoms with Crippen LogP contribution >= 0.6 is 0 Å². The Bertz CT molecular complexity index is 578. The molecule has 0 spiro atoms. The molecule has 0 saturated carbocycles. The Kier molecular flexibility index (Phi) is 5.60. The molecule has 0 bridgehead atoms. The van der Waals surface area contributed by atoms with Gasteiger partial charge in [0, 0.05) is 39.3 Å². The molecule has 1 saturated heterocycles. The largest absolute Gasteiger partial charge is 0.372 e. The van der Waals surface area contributed by atoms with Crippen LogP contribution in [0.15, 0.2) is 4.52 Å². The zero-order chi connectivity index (χ0) is 16.3. The zero-order valence-electron chi connectivity index (χ0n) is 13.7. The highest BCUT2D eigenvalue weighted by Gasteiger charge is 2.25. The monoisotopic (exact) mass is 331 g/mol. The Balaban J connectivity index is 1.76. The molecule has 1 aliphatic rings. The first-order valence-electron chi connectivity index (χ1n) is 7.45. The van der Waals surface area contributed by atoms with E-state index in [4.69, 9.17) is 9.26 Å². The number of hydrogen-bond acceptors (Lipinski definition) is 6. The fraction of sp³-hybridized carbons (Fsp3) is 0.786. The van der Waals surface area contributed by atoms with E-state index in [9.17, 15) is 8.42 Å². The lowest BCUT2D eigenvalue weighted by Gasteiger charge is -2.18. The van der Waals surface area contributed by atoms with Crippen LogP contribution in [0.5, 0.6) is 0 Å². The van der Waals surface area contributed by atoms with Gasteiger partial charge in [-0.2, -0.15) is 0 Å². The Morgan fingerprint density at radius 3 is 2.73 bits per heavy atom. The van der Waals surface area contributed by atoms with Crippen molar-refractivity contribution in [3.05, 3.63) is 17.0 Å². The van der Waals surface area contributed by atoms with E-state index >= 15 is 0 Å². The average Bonchev–Trinajstić information content (AvgIpc) is 3.02. The highest BCUT2D eigenvalue weighted by atomic mass is 32.2. The summed E-state index contributed by atoms with van der Waals surface area (Å²) < 4.78 is 35.9. The highest BCUT2D eigenvalue weighted by Crippen LogP contribution is 2.18. The van der Waals surface area contributed by atoms with Crippen molar-refractivity contribution >= 4 is 10.0 Å². The number of sulfonamides is 1. The van der Waals surface area contributed by atoms with Gasteiger partial charge in [0.05, 0.1) is 24.2 Å². The second-order valence-electron chi connectivity index (χ2n) is 5.92. The van der Waals surface area contributed by atoms with Crippen molar-refractivity contribution < 1.29 is 17.7 Å². The molecule has 126 valence electrons. The molecule has 1 aromatic heterocycles. The first kappa shape index (κ1) is 17.4. The molecule has 1 aromatic rings. The van der Waals surface area contributed by atoms with Gasteiger partial charge >= 0.3 is 0 Å². The van der Waals surface area contributed by atoms with Crippen LogP contribution in [0.1, 0.15) is 23.4 Å². The fourth-order valence-corrected chi connectivity index (χ4v) is 3.33. The van der Waals surface area contributed by atoms with Gasteiger partial charge in [0.1, 0.15) is 5.76 Å². The summed E-state index contributed by atoms with van der Waals surface area (Å²) >= 11 is 0. The van der Waals surface area contributed by atoms with E-state index in [1.807, 2.05) is 13.8 Å². The highest BCUT2D eigenvalue weighted by molar-refractivity contribution is 7.89. The third-order valence-electron chi connectivity index (χ3n) is 4.10. The van der Waals surface area contributed by atoms with Crippen LogP contribution in [0, 0.1) is 13.8 Å². The molecule has 1 fully saturated rings. The summed E-state index contributed by atoms with van der Waals surface area (Å²) in [5.74, 6) is 0.945. The molecule has 0 aromatic carbocycles. The molecule has 1 atom stereocenters. The van der Waals surface area contributed by atoms with Gasteiger partial charge in [0.2, 0.25) is 10.0 Å². The first-order valence-corrected chi connectivity index (χ1v) is 9.06. The van der Waals surface area contributed by atoms with Gasteiger partial charge < -0.3 is 9.26 Å². The van der Waals surface area contributed by atoms with Gasteiger partial charge in [-0.25, -0.2) is 12.7 Å². The molecular weight excluding hydrogens is 306 g/mol. The normalized spacial score (nSPS) is 20.1.